The molecule has 2 aromatic heterocycles. The van der Waals surface area contributed by atoms with E-state index in [0.29, 0.717) is 29.1 Å². The van der Waals surface area contributed by atoms with Gasteiger partial charge in [-0.15, -0.1) is 0 Å². The van der Waals surface area contributed by atoms with Crippen LogP contribution in [0.3, 0.4) is 0 Å². The second kappa shape index (κ2) is 11.7. The molecular weight excluding hydrogens is 799 g/mol. The molecule has 7 atom stereocenters. The monoisotopic (exact) mass is 868 g/mol. The van der Waals surface area contributed by atoms with E-state index in [-0.39, 0.29) is 27.1 Å². The van der Waals surface area contributed by atoms with Crippen molar-refractivity contribution < 1.29 is 0 Å². The molecule has 7 unspecified atom stereocenters. The highest BCUT2D eigenvalue weighted by Gasteiger charge is 2.66. The molecule has 0 amide bonds. The SMILES string of the molecule is CC(C)(C)CC1(CC(C)(C)C)c2ccc3c(c2-c2cc4c5c6c(c(C#N)cc5n5c7cc(C#N)c8c(c7c(c21)c45)C1CC2CC4CC8CC42C1)C1CC2CC(C1)CC6C2)C(C)(C)CC3(C)C. The molecule has 4 aromatic carbocycles. The van der Waals surface area contributed by atoms with Gasteiger partial charge in [0.15, 0.2) is 0 Å². The summed E-state index contributed by atoms with van der Waals surface area (Å²) in [5.41, 5.74) is 21.7. The van der Waals surface area contributed by atoms with Crippen LogP contribution in [0, 0.1) is 62.6 Å². The van der Waals surface area contributed by atoms with Crippen molar-refractivity contribution in [2.45, 2.75) is 193 Å². The summed E-state index contributed by atoms with van der Waals surface area (Å²) >= 11 is 0. The van der Waals surface area contributed by atoms with Gasteiger partial charge in [-0.05, 0) is 232 Å². The number of aromatic nitrogens is 1. The van der Waals surface area contributed by atoms with Gasteiger partial charge in [0.25, 0.3) is 0 Å². The second-order valence-corrected chi connectivity index (χ2v) is 28.8. The summed E-state index contributed by atoms with van der Waals surface area (Å²) in [6.07, 6.45) is 16.3. The smallest absolute Gasteiger partial charge is 0.0995 e. The summed E-state index contributed by atoms with van der Waals surface area (Å²) in [6, 6.07) is 18.6. The Hall–Kier alpha value is -4.34. The first-order valence-electron chi connectivity index (χ1n) is 26.7. The fraction of sp³-hybridized carbons (Fsp3) is 0.587. The Morgan fingerprint density at radius 2 is 1.14 bits per heavy atom. The molecule has 5 saturated carbocycles. The van der Waals surface area contributed by atoms with Gasteiger partial charge in [-0.3, -0.25) is 0 Å². The molecule has 3 nitrogen and oxygen atoms in total. The summed E-state index contributed by atoms with van der Waals surface area (Å²) in [5.74, 6) is 5.17. The summed E-state index contributed by atoms with van der Waals surface area (Å²) in [7, 11) is 0. The quantitative estimate of drug-likeness (QED) is 0.174. The molecule has 5 fully saturated rings. The van der Waals surface area contributed by atoms with Crippen LogP contribution in [0.5, 0.6) is 0 Å². The lowest BCUT2D eigenvalue weighted by Gasteiger charge is -2.48. The van der Waals surface area contributed by atoms with Crippen LogP contribution in [-0.4, -0.2) is 4.40 Å². The van der Waals surface area contributed by atoms with Crippen LogP contribution in [-0.2, 0) is 16.2 Å². The van der Waals surface area contributed by atoms with Crippen LogP contribution in [0.15, 0.2) is 30.3 Å². The summed E-state index contributed by atoms with van der Waals surface area (Å²) in [6.45, 7) is 25.2. The van der Waals surface area contributed by atoms with E-state index < -0.39 is 0 Å². The van der Waals surface area contributed by atoms with Crippen LogP contribution >= 0.6 is 0 Å². The van der Waals surface area contributed by atoms with E-state index in [1.165, 1.54) is 119 Å². The minimum absolute atomic E-state index is 0.0239. The number of hydrogen-bond acceptors (Lipinski definition) is 2. The first-order chi connectivity index (χ1) is 31.2. The first kappa shape index (κ1) is 39.6. The van der Waals surface area contributed by atoms with E-state index in [2.05, 4.69) is 116 Å². The standard InChI is InChI=1S/C63H69N3/c1-58(2,3)28-63(29-59(4,5)6)43-11-12-44-56(61(9,10)30-60(44,7)8)51(43)41-23-42-52-45(20-37(26-64)47-33-14-31-13-32(15-33)17-34(16-31)49(47)52)66-46-21-38(27-65)48-35-18-39-22-40-19-36(25-62(39,40)24-35)50(48)53(46)54(55(41)63)57(42)66/h11-12,20-21,23,31-36,39-40H,13-19,22,24-25,28-30H2,1-10H3. The largest absolute Gasteiger partial charge is 0.308 e. The third kappa shape index (κ3) is 4.54. The number of rotatable bonds is 2. The van der Waals surface area contributed by atoms with Gasteiger partial charge in [0.05, 0.1) is 39.8 Å². The molecule has 0 aliphatic heterocycles. The molecule has 2 heterocycles. The van der Waals surface area contributed by atoms with Crippen molar-refractivity contribution in [2.75, 3.05) is 0 Å². The minimum Gasteiger partial charge on any atom is -0.308 e. The van der Waals surface area contributed by atoms with Crippen molar-refractivity contribution in [3.63, 3.8) is 0 Å². The van der Waals surface area contributed by atoms with E-state index in [0.717, 1.165) is 54.1 Å². The molecule has 16 rings (SSSR count). The molecule has 10 aliphatic carbocycles. The minimum atomic E-state index is -0.221. The zero-order valence-electron chi connectivity index (χ0n) is 41.5. The van der Waals surface area contributed by atoms with Gasteiger partial charge in [-0.2, -0.15) is 10.5 Å². The molecule has 10 aliphatic rings. The molecule has 66 heavy (non-hydrogen) atoms. The van der Waals surface area contributed by atoms with Gasteiger partial charge >= 0.3 is 0 Å². The fourth-order valence-electron chi connectivity index (χ4n) is 20.8. The molecule has 0 saturated heterocycles. The maximum Gasteiger partial charge on any atom is 0.0995 e. The van der Waals surface area contributed by atoms with Crippen molar-refractivity contribution in [1.82, 2.24) is 4.40 Å². The van der Waals surface area contributed by atoms with Crippen molar-refractivity contribution in [2.24, 2.45) is 39.9 Å². The lowest BCUT2D eigenvalue weighted by molar-refractivity contribution is 0.00322. The third-order valence-corrected chi connectivity index (χ3v) is 21.3. The van der Waals surface area contributed by atoms with E-state index in [4.69, 9.17) is 0 Å². The molecule has 3 heteroatoms. The Morgan fingerprint density at radius 1 is 0.591 bits per heavy atom. The average Bonchev–Trinajstić information content (AvgIpc) is 3.96. The van der Waals surface area contributed by atoms with Gasteiger partial charge in [-0.25, -0.2) is 0 Å². The molecule has 336 valence electrons. The van der Waals surface area contributed by atoms with Gasteiger partial charge in [0.1, 0.15) is 0 Å². The second-order valence-electron chi connectivity index (χ2n) is 28.8. The summed E-state index contributed by atoms with van der Waals surface area (Å²) < 4.78 is 2.70. The van der Waals surface area contributed by atoms with E-state index >= 15 is 0 Å². The number of nitrogens with zero attached hydrogens (tertiary/aromatic N) is 3. The van der Waals surface area contributed by atoms with Gasteiger partial charge < -0.3 is 4.40 Å². The Morgan fingerprint density at radius 3 is 1.74 bits per heavy atom. The third-order valence-electron chi connectivity index (χ3n) is 21.3. The van der Waals surface area contributed by atoms with Crippen molar-refractivity contribution >= 4 is 38.1 Å². The molecule has 0 radical (unpaired) electrons. The van der Waals surface area contributed by atoms with Gasteiger partial charge in [-0.1, -0.05) is 81.4 Å². The van der Waals surface area contributed by atoms with Crippen LogP contribution in [0.2, 0.25) is 0 Å². The molecular formula is C63H69N3. The van der Waals surface area contributed by atoms with Crippen LogP contribution in [0.4, 0.5) is 0 Å². The Labute approximate surface area is 393 Å². The maximum atomic E-state index is 11.5. The predicted octanol–water partition coefficient (Wildman–Crippen LogP) is 16.5. The number of benzene rings is 4. The normalized spacial score (nSPS) is 32.8. The lowest BCUT2D eigenvalue weighted by Crippen LogP contribution is -2.41. The zero-order chi connectivity index (χ0) is 45.3. The van der Waals surface area contributed by atoms with Crippen LogP contribution in [0.25, 0.3) is 49.2 Å². The topological polar surface area (TPSA) is 52.0 Å². The highest BCUT2D eigenvalue weighted by molar-refractivity contribution is 6.28. The first-order valence-corrected chi connectivity index (χ1v) is 26.7. The number of fused-ring (bicyclic) bond motifs is 18. The van der Waals surface area contributed by atoms with E-state index in [1.54, 1.807) is 38.9 Å². The summed E-state index contributed by atoms with van der Waals surface area (Å²) in [5, 5.41) is 28.7. The highest BCUT2D eigenvalue weighted by Crippen LogP contribution is 2.77. The maximum absolute atomic E-state index is 11.5. The zero-order valence-corrected chi connectivity index (χ0v) is 41.5. The number of nitriles is 2. The molecule has 7 bridgehead atoms. The van der Waals surface area contributed by atoms with Gasteiger partial charge in [0, 0.05) is 27.0 Å². The molecule has 0 N–H and O–H groups in total. The summed E-state index contributed by atoms with van der Waals surface area (Å²) in [4.78, 5) is 0. The van der Waals surface area contributed by atoms with Crippen LogP contribution in [0.1, 0.15) is 232 Å². The fourth-order valence-corrected chi connectivity index (χ4v) is 20.8. The number of hydrogen-bond donors (Lipinski definition) is 0. The Balaban J connectivity index is 1.21. The average molecular weight is 868 g/mol. The van der Waals surface area contributed by atoms with Gasteiger partial charge in [0.2, 0.25) is 0 Å². The van der Waals surface area contributed by atoms with Crippen LogP contribution < -0.4 is 0 Å². The van der Waals surface area contributed by atoms with Crippen molar-refractivity contribution in [3.05, 3.63) is 86.0 Å². The lowest BCUT2D eigenvalue weighted by atomic mass is 9.56. The van der Waals surface area contributed by atoms with Crippen molar-refractivity contribution in [1.29, 1.82) is 10.5 Å². The van der Waals surface area contributed by atoms with Crippen molar-refractivity contribution in [3.8, 4) is 23.3 Å². The highest BCUT2D eigenvalue weighted by atomic mass is 14.9. The predicted molar refractivity (Wildman–Crippen MR) is 269 cm³/mol. The Bertz CT molecular complexity index is 3330. The Kier molecular flexibility index (Phi) is 7.05. The molecule has 6 aromatic rings. The molecule has 1 spiro atoms. The van der Waals surface area contributed by atoms with E-state index in [1.807, 2.05) is 0 Å². The van der Waals surface area contributed by atoms with E-state index in [9.17, 15) is 10.5 Å².